The smallest absolute Gasteiger partial charge is 0.345 e. The van der Waals surface area contributed by atoms with Crippen LogP contribution >= 0.6 is 11.3 Å². The Bertz CT molecular complexity index is 420. The molecule has 13 heavy (non-hydrogen) atoms. The first-order chi connectivity index (χ1) is 5.88. The molecule has 0 unspecified atom stereocenters. The normalized spacial score (nSPS) is 11.2. The molecule has 0 saturated carbocycles. The molecule has 0 fully saturated rings. The van der Waals surface area contributed by atoms with E-state index in [0.29, 0.717) is 0 Å². The van der Waals surface area contributed by atoms with E-state index in [1.165, 1.54) is 11.4 Å². The number of carboxylic acid groups (broad SMARTS) is 1. The third-order valence-corrected chi connectivity index (χ3v) is 2.64. The molecular formula is C6H7NO4S2. The number of carboxylic acids is 1. The highest BCUT2D eigenvalue weighted by atomic mass is 32.2. The van der Waals surface area contributed by atoms with Crippen molar-refractivity contribution >= 4 is 33.0 Å². The molecule has 0 aliphatic rings. The lowest BCUT2D eigenvalue weighted by Gasteiger charge is -1.97. The number of thiophene rings is 1. The van der Waals surface area contributed by atoms with Crippen molar-refractivity contribution in [2.75, 3.05) is 11.0 Å². The van der Waals surface area contributed by atoms with Crippen molar-refractivity contribution in [2.24, 2.45) is 0 Å². The standard InChI is InChI=1S/C6H7NO4S2/c1-13(10,11)7-4-2-5(6(8)9)12-3-4/h2-3,7H,1H3,(H,8,9). The molecule has 1 aromatic heterocycles. The van der Waals surface area contributed by atoms with Gasteiger partial charge in [0.1, 0.15) is 4.88 Å². The first-order valence-electron chi connectivity index (χ1n) is 3.18. The fourth-order valence-electron chi connectivity index (χ4n) is 0.716. The van der Waals surface area contributed by atoms with Crippen molar-refractivity contribution in [3.05, 3.63) is 16.3 Å². The summed E-state index contributed by atoms with van der Waals surface area (Å²) in [5.41, 5.74) is 0.282. The first-order valence-corrected chi connectivity index (χ1v) is 5.95. The van der Waals surface area contributed by atoms with Crippen LogP contribution in [0.15, 0.2) is 11.4 Å². The summed E-state index contributed by atoms with van der Waals surface area (Å²) in [6.07, 6.45) is 1.01. The molecule has 0 bridgehead atoms. The molecule has 1 rings (SSSR count). The maximum absolute atomic E-state index is 10.7. The Hall–Kier alpha value is -1.08. The van der Waals surface area contributed by atoms with E-state index in [0.717, 1.165) is 17.6 Å². The quantitative estimate of drug-likeness (QED) is 0.791. The zero-order valence-electron chi connectivity index (χ0n) is 6.64. The van der Waals surface area contributed by atoms with E-state index < -0.39 is 16.0 Å². The van der Waals surface area contributed by atoms with E-state index in [4.69, 9.17) is 5.11 Å². The molecule has 72 valence electrons. The second-order valence-electron chi connectivity index (χ2n) is 2.38. The van der Waals surface area contributed by atoms with Crippen LogP contribution in [-0.2, 0) is 10.0 Å². The lowest BCUT2D eigenvalue weighted by atomic mass is 10.4. The van der Waals surface area contributed by atoms with Crippen molar-refractivity contribution in [2.45, 2.75) is 0 Å². The van der Waals surface area contributed by atoms with Gasteiger partial charge < -0.3 is 5.11 Å². The molecule has 0 aliphatic carbocycles. The van der Waals surface area contributed by atoms with Gasteiger partial charge in [-0.15, -0.1) is 11.3 Å². The van der Waals surface area contributed by atoms with Crippen LogP contribution in [0.5, 0.6) is 0 Å². The summed E-state index contributed by atoms with van der Waals surface area (Å²) in [5.74, 6) is -1.06. The predicted molar refractivity (Wildman–Crippen MR) is 49.7 cm³/mol. The van der Waals surface area contributed by atoms with Gasteiger partial charge in [0.15, 0.2) is 0 Å². The van der Waals surface area contributed by atoms with Gasteiger partial charge in [0.05, 0.1) is 11.9 Å². The van der Waals surface area contributed by atoms with Gasteiger partial charge in [0.25, 0.3) is 0 Å². The van der Waals surface area contributed by atoms with Crippen molar-refractivity contribution in [1.82, 2.24) is 0 Å². The highest BCUT2D eigenvalue weighted by Gasteiger charge is 2.08. The molecule has 0 aromatic carbocycles. The Morgan fingerprint density at radius 3 is 2.62 bits per heavy atom. The number of hydrogen-bond acceptors (Lipinski definition) is 4. The molecule has 0 aliphatic heterocycles. The van der Waals surface area contributed by atoms with Crippen LogP contribution in [0, 0.1) is 0 Å². The fraction of sp³-hybridized carbons (Fsp3) is 0.167. The van der Waals surface area contributed by atoms with Crippen LogP contribution in [0.2, 0.25) is 0 Å². The molecular weight excluding hydrogens is 214 g/mol. The van der Waals surface area contributed by atoms with Gasteiger partial charge in [-0.2, -0.15) is 0 Å². The summed E-state index contributed by atoms with van der Waals surface area (Å²) in [7, 11) is -3.33. The maximum Gasteiger partial charge on any atom is 0.345 e. The van der Waals surface area contributed by atoms with E-state index in [1.54, 1.807) is 0 Å². The van der Waals surface area contributed by atoms with E-state index in [1.807, 2.05) is 0 Å². The lowest BCUT2D eigenvalue weighted by Crippen LogP contribution is -2.08. The van der Waals surface area contributed by atoms with Gasteiger partial charge in [-0.3, -0.25) is 4.72 Å². The summed E-state index contributed by atoms with van der Waals surface area (Å²) in [6.45, 7) is 0. The Morgan fingerprint density at radius 1 is 1.62 bits per heavy atom. The number of sulfonamides is 1. The highest BCUT2D eigenvalue weighted by Crippen LogP contribution is 2.19. The number of nitrogens with one attached hydrogen (secondary N) is 1. The van der Waals surface area contributed by atoms with Crippen LogP contribution in [0.3, 0.4) is 0 Å². The van der Waals surface area contributed by atoms with E-state index >= 15 is 0 Å². The summed E-state index contributed by atoms with van der Waals surface area (Å²) in [6, 6.07) is 1.27. The van der Waals surface area contributed by atoms with E-state index in [-0.39, 0.29) is 10.6 Å². The van der Waals surface area contributed by atoms with Crippen LogP contribution in [0.4, 0.5) is 5.69 Å². The van der Waals surface area contributed by atoms with Crippen molar-refractivity contribution < 1.29 is 18.3 Å². The zero-order chi connectivity index (χ0) is 10.1. The SMILES string of the molecule is CS(=O)(=O)Nc1csc(C(=O)O)c1. The topological polar surface area (TPSA) is 83.5 Å². The second kappa shape index (κ2) is 3.35. The molecule has 1 aromatic rings. The van der Waals surface area contributed by atoms with Crippen LogP contribution in [0.1, 0.15) is 9.67 Å². The Morgan fingerprint density at radius 2 is 2.23 bits per heavy atom. The van der Waals surface area contributed by atoms with Gasteiger partial charge >= 0.3 is 5.97 Å². The minimum absolute atomic E-state index is 0.103. The monoisotopic (exact) mass is 221 g/mol. The summed E-state index contributed by atoms with van der Waals surface area (Å²) >= 11 is 0.972. The highest BCUT2D eigenvalue weighted by molar-refractivity contribution is 7.92. The molecule has 7 heteroatoms. The zero-order valence-corrected chi connectivity index (χ0v) is 8.28. The average molecular weight is 221 g/mol. The van der Waals surface area contributed by atoms with Crippen molar-refractivity contribution in [1.29, 1.82) is 0 Å². The summed E-state index contributed by atoms with van der Waals surface area (Å²) in [5, 5.41) is 9.96. The van der Waals surface area contributed by atoms with Crippen LogP contribution in [0.25, 0.3) is 0 Å². The Labute approximate surface area is 79.1 Å². The number of carbonyl (C=O) groups is 1. The Balaban J connectivity index is 2.87. The molecule has 5 nitrogen and oxygen atoms in total. The van der Waals surface area contributed by atoms with Gasteiger partial charge in [-0.05, 0) is 6.07 Å². The average Bonchev–Trinajstić information content (AvgIpc) is 2.31. The van der Waals surface area contributed by atoms with E-state index in [2.05, 4.69) is 4.72 Å². The van der Waals surface area contributed by atoms with Gasteiger partial charge in [-0.1, -0.05) is 0 Å². The summed E-state index contributed by atoms with van der Waals surface area (Å²) < 4.78 is 23.6. The van der Waals surface area contributed by atoms with E-state index in [9.17, 15) is 13.2 Å². The Kier molecular flexibility index (Phi) is 2.58. The molecule has 0 atom stereocenters. The number of aromatic carboxylic acids is 1. The molecule has 1 heterocycles. The largest absolute Gasteiger partial charge is 0.477 e. The lowest BCUT2D eigenvalue weighted by molar-refractivity contribution is 0.0702. The molecule has 2 N–H and O–H groups in total. The molecule has 0 radical (unpaired) electrons. The van der Waals surface area contributed by atoms with Gasteiger partial charge in [-0.25, -0.2) is 13.2 Å². The molecule has 0 saturated heterocycles. The minimum Gasteiger partial charge on any atom is -0.477 e. The molecule has 0 amide bonds. The second-order valence-corrected chi connectivity index (χ2v) is 5.04. The van der Waals surface area contributed by atoms with Gasteiger partial charge in [0, 0.05) is 5.38 Å². The summed E-state index contributed by atoms with van der Waals surface area (Å²) in [4.78, 5) is 10.5. The third kappa shape index (κ3) is 3.03. The van der Waals surface area contributed by atoms with Crippen LogP contribution in [-0.4, -0.2) is 25.7 Å². The first kappa shape index (κ1) is 10.0. The molecule has 0 spiro atoms. The van der Waals surface area contributed by atoms with Crippen LogP contribution < -0.4 is 4.72 Å². The fourth-order valence-corrected chi connectivity index (χ4v) is 2.01. The number of anilines is 1. The minimum atomic E-state index is -3.33. The number of rotatable bonds is 3. The number of hydrogen-bond donors (Lipinski definition) is 2. The van der Waals surface area contributed by atoms with Gasteiger partial charge in [0.2, 0.25) is 10.0 Å². The van der Waals surface area contributed by atoms with Crippen molar-refractivity contribution in [3.8, 4) is 0 Å². The van der Waals surface area contributed by atoms with Crippen molar-refractivity contribution in [3.63, 3.8) is 0 Å². The predicted octanol–water partition coefficient (Wildman–Crippen LogP) is 0.818. The third-order valence-electron chi connectivity index (χ3n) is 1.11. The maximum atomic E-state index is 10.7.